The molecule has 0 radical (unpaired) electrons. The SMILES string of the molecule is CC(=O)Nc1cc(Br)ccc1-c1ccc(C(C)(C)C)cc1. The molecule has 2 aromatic carbocycles. The van der Waals surface area contributed by atoms with Crippen molar-refractivity contribution in [1.82, 2.24) is 0 Å². The van der Waals surface area contributed by atoms with Gasteiger partial charge >= 0.3 is 0 Å². The Bertz CT molecular complexity index is 654. The number of carbonyl (C=O) groups excluding carboxylic acids is 1. The Labute approximate surface area is 134 Å². The first-order valence-corrected chi connectivity index (χ1v) is 7.75. The second kappa shape index (κ2) is 6.02. The van der Waals surface area contributed by atoms with E-state index >= 15 is 0 Å². The minimum absolute atomic E-state index is 0.0688. The number of rotatable bonds is 2. The Morgan fingerprint density at radius 1 is 1.05 bits per heavy atom. The van der Waals surface area contributed by atoms with Gasteiger partial charge in [-0.25, -0.2) is 0 Å². The van der Waals surface area contributed by atoms with E-state index in [-0.39, 0.29) is 11.3 Å². The number of benzene rings is 2. The van der Waals surface area contributed by atoms with Gasteiger partial charge in [0.15, 0.2) is 0 Å². The molecule has 0 aliphatic rings. The number of anilines is 1. The second-order valence-electron chi connectivity index (χ2n) is 6.20. The van der Waals surface area contributed by atoms with Crippen LogP contribution in [-0.4, -0.2) is 5.91 Å². The summed E-state index contributed by atoms with van der Waals surface area (Å²) in [5, 5.41) is 2.89. The molecule has 0 fully saturated rings. The molecule has 2 aromatic rings. The third-order valence-corrected chi connectivity index (χ3v) is 3.85. The molecule has 0 spiro atoms. The van der Waals surface area contributed by atoms with Crippen LogP contribution < -0.4 is 5.32 Å². The van der Waals surface area contributed by atoms with Gasteiger partial charge in [0.05, 0.1) is 0 Å². The summed E-state index contributed by atoms with van der Waals surface area (Å²) in [6.07, 6.45) is 0. The van der Waals surface area contributed by atoms with Crippen molar-refractivity contribution in [3.63, 3.8) is 0 Å². The monoisotopic (exact) mass is 345 g/mol. The van der Waals surface area contributed by atoms with Crippen LogP contribution in [0.4, 0.5) is 5.69 Å². The molecule has 1 amide bonds. The molecule has 0 unspecified atom stereocenters. The lowest BCUT2D eigenvalue weighted by molar-refractivity contribution is -0.114. The van der Waals surface area contributed by atoms with E-state index in [1.807, 2.05) is 18.2 Å². The molecule has 2 rings (SSSR count). The maximum absolute atomic E-state index is 11.4. The Balaban J connectivity index is 2.44. The lowest BCUT2D eigenvalue weighted by atomic mass is 9.86. The van der Waals surface area contributed by atoms with E-state index in [1.54, 1.807) is 0 Å². The summed E-state index contributed by atoms with van der Waals surface area (Å²) >= 11 is 3.45. The van der Waals surface area contributed by atoms with E-state index in [2.05, 4.69) is 66.3 Å². The van der Waals surface area contributed by atoms with Gasteiger partial charge in [0.1, 0.15) is 0 Å². The van der Waals surface area contributed by atoms with Crippen molar-refractivity contribution in [3.05, 3.63) is 52.5 Å². The van der Waals surface area contributed by atoms with Crippen LogP contribution in [0.2, 0.25) is 0 Å². The molecule has 3 heteroatoms. The molecule has 0 aliphatic heterocycles. The van der Waals surface area contributed by atoms with E-state index < -0.39 is 0 Å². The fourth-order valence-corrected chi connectivity index (χ4v) is 2.57. The summed E-state index contributed by atoms with van der Waals surface area (Å²) in [7, 11) is 0. The second-order valence-corrected chi connectivity index (χ2v) is 7.11. The van der Waals surface area contributed by atoms with Crippen LogP contribution in [0.1, 0.15) is 33.3 Å². The zero-order valence-corrected chi connectivity index (χ0v) is 14.4. The zero-order chi connectivity index (χ0) is 15.6. The van der Waals surface area contributed by atoms with Crippen LogP contribution >= 0.6 is 15.9 Å². The summed E-state index contributed by atoms with van der Waals surface area (Å²) in [5.74, 6) is -0.0688. The maximum Gasteiger partial charge on any atom is 0.221 e. The van der Waals surface area contributed by atoms with E-state index in [0.29, 0.717) is 0 Å². The fraction of sp³-hybridized carbons (Fsp3) is 0.278. The van der Waals surface area contributed by atoms with E-state index in [0.717, 1.165) is 21.3 Å². The largest absolute Gasteiger partial charge is 0.326 e. The van der Waals surface area contributed by atoms with Crippen LogP contribution in [0.5, 0.6) is 0 Å². The van der Waals surface area contributed by atoms with E-state index in [4.69, 9.17) is 0 Å². The molecule has 0 aromatic heterocycles. The molecular formula is C18H20BrNO. The first-order chi connectivity index (χ1) is 9.77. The Kier molecular flexibility index (Phi) is 4.52. The van der Waals surface area contributed by atoms with Gasteiger partial charge in [-0.05, 0) is 28.7 Å². The van der Waals surface area contributed by atoms with Crippen molar-refractivity contribution in [3.8, 4) is 11.1 Å². The number of carbonyl (C=O) groups is 1. The quantitative estimate of drug-likeness (QED) is 0.778. The van der Waals surface area contributed by atoms with E-state index in [9.17, 15) is 4.79 Å². The highest BCUT2D eigenvalue weighted by molar-refractivity contribution is 9.10. The highest BCUT2D eigenvalue weighted by Gasteiger charge is 2.14. The molecule has 0 heterocycles. The van der Waals surface area contributed by atoms with Crippen molar-refractivity contribution < 1.29 is 4.79 Å². The van der Waals surface area contributed by atoms with Gasteiger partial charge in [0, 0.05) is 22.6 Å². The van der Waals surface area contributed by atoms with Crippen LogP contribution in [0.3, 0.4) is 0 Å². The summed E-state index contributed by atoms with van der Waals surface area (Å²) in [4.78, 5) is 11.4. The first kappa shape index (κ1) is 15.8. The average Bonchev–Trinajstić information content (AvgIpc) is 2.37. The van der Waals surface area contributed by atoms with Crippen LogP contribution in [0, 0.1) is 0 Å². The standard InChI is InChI=1S/C18H20BrNO/c1-12(21)20-17-11-15(19)9-10-16(17)13-5-7-14(8-6-13)18(2,3)4/h5-11H,1-4H3,(H,20,21). The minimum Gasteiger partial charge on any atom is -0.326 e. The van der Waals surface area contributed by atoms with Crippen LogP contribution in [0.25, 0.3) is 11.1 Å². The molecule has 2 nitrogen and oxygen atoms in total. The number of nitrogens with one attached hydrogen (secondary N) is 1. The van der Waals surface area contributed by atoms with Crippen LogP contribution in [-0.2, 0) is 10.2 Å². The molecular weight excluding hydrogens is 326 g/mol. The molecule has 21 heavy (non-hydrogen) atoms. The molecule has 0 atom stereocenters. The predicted molar refractivity (Wildman–Crippen MR) is 92.6 cm³/mol. The normalized spacial score (nSPS) is 11.3. The number of halogens is 1. The van der Waals surface area contributed by atoms with Crippen LogP contribution in [0.15, 0.2) is 46.9 Å². The van der Waals surface area contributed by atoms with E-state index in [1.165, 1.54) is 12.5 Å². The molecule has 0 aliphatic carbocycles. The number of hydrogen-bond acceptors (Lipinski definition) is 1. The smallest absolute Gasteiger partial charge is 0.221 e. The summed E-state index contributed by atoms with van der Waals surface area (Å²) in [5.41, 5.74) is 4.37. The summed E-state index contributed by atoms with van der Waals surface area (Å²) in [6, 6.07) is 14.4. The van der Waals surface area contributed by atoms with Gasteiger partial charge in [-0.1, -0.05) is 67.0 Å². The third-order valence-electron chi connectivity index (χ3n) is 3.35. The lowest BCUT2D eigenvalue weighted by Gasteiger charge is -2.19. The fourth-order valence-electron chi connectivity index (χ4n) is 2.21. The number of hydrogen-bond donors (Lipinski definition) is 1. The summed E-state index contributed by atoms with van der Waals surface area (Å²) < 4.78 is 0.946. The Hall–Kier alpha value is -1.61. The van der Waals surface area contributed by atoms with Crippen molar-refractivity contribution >= 4 is 27.5 Å². The zero-order valence-electron chi connectivity index (χ0n) is 12.8. The maximum atomic E-state index is 11.4. The van der Waals surface area contributed by atoms with Crippen molar-refractivity contribution in [2.24, 2.45) is 0 Å². The van der Waals surface area contributed by atoms with Crippen molar-refractivity contribution in [2.75, 3.05) is 5.32 Å². The molecule has 0 saturated carbocycles. The molecule has 0 saturated heterocycles. The first-order valence-electron chi connectivity index (χ1n) is 6.95. The van der Waals surface area contributed by atoms with Gasteiger partial charge in [-0.3, -0.25) is 4.79 Å². The predicted octanol–water partition coefficient (Wildman–Crippen LogP) is 5.37. The van der Waals surface area contributed by atoms with Gasteiger partial charge in [-0.15, -0.1) is 0 Å². The highest BCUT2D eigenvalue weighted by atomic mass is 79.9. The van der Waals surface area contributed by atoms with Crippen molar-refractivity contribution in [1.29, 1.82) is 0 Å². The lowest BCUT2D eigenvalue weighted by Crippen LogP contribution is -2.10. The highest BCUT2D eigenvalue weighted by Crippen LogP contribution is 2.32. The topological polar surface area (TPSA) is 29.1 Å². The van der Waals surface area contributed by atoms with Gasteiger partial charge < -0.3 is 5.32 Å². The molecule has 1 N–H and O–H groups in total. The third kappa shape index (κ3) is 3.94. The molecule has 110 valence electrons. The Morgan fingerprint density at radius 2 is 1.67 bits per heavy atom. The number of amides is 1. The summed E-state index contributed by atoms with van der Waals surface area (Å²) in [6.45, 7) is 8.12. The van der Waals surface area contributed by atoms with Gasteiger partial charge in [0.2, 0.25) is 5.91 Å². The average molecular weight is 346 g/mol. The molecule has 0 bridgehead atoms. The van der Waals surface area contributed by atoms with Gasteiger partial charge in [0.25, 0.3) is 0 Å². The Morgan fingerprint density at radius 3 is 2.19 bits per heavy atom. The minimum atomic E-state index is -0.0688. The van der Waals surface area contributed by atoms with Crippen molar-refractivity contribution in [2.45, 2.75) is 33.1 Å². The van der Waals surface area contributed by atoms with Gasteiger partial charge in [-0.2, -0.15) is 0 Å².